The molecule has 1 aromatic rings. The van der Waals surface area contributed by atoms with Crippen LogP contribution < -0.4 is 0 Å². The lowest BCUT2D eigenvalue weighted by atomic mass is 9.85. The summed E-state index contributed by atoms with van der Waals surface area (Å²) in [7, 11) is 1.34. The van der Waals surface area contributed by atoms with Crippen LogP contribution in [-0.4, -0.2) is 18.3 Å². The first-order valence-corrected chi connectivity index (χ1v) is 6.70. The van der Waals surface area contributed by atoms with Crippen molar-refractivity contribution in [2.45, 2.75) is 29.2 Å². The van der Waals surface area contributed by atoms with Gasteiger partial charge in [-0.25, -0.2) is 0 Å². The summed E-state index contributed by atoms with van der Waals surface area (Å²) >= 11 is 1.38. The zero-order chi connectivity index (χ0) is 14.0. The minimum Gasteiger partial charge on any atom is -0.469 e. The highest BCUT2D eigenvalue weighted by Gasteiger charge is 2.36. The first-order valence-electron chi connectivity index (χ1n) is 5.82. The molecule has 6 heteroatoms. The summed E-state index contributed by atoms with van der Waals surface area (Å²) in [6, 6.07) is 5.27. The molecule has 1 saturated carbocycles. The van der Waals surface area contributed by atoms with Crippen LogP contribution in [0.25, 0.3) is 0 Å². The highest BCUT2D eigenvalue weighted by atomic mass is 32.2. The van der Waals surface area contributed by atoms with Crippen molar-refractivity contribution in [1.82, 2.24) is 0 Å². The number of benzene rings is 1. The van der Waals surface area contributed by atoms with Gasteiger partial charge in [-0.1, -0.05) is 6.07 Å². The van der Waals surface area contributed by atoms with Crippen molar-refractivity contribution in [3.63, 3.8) is 0 Å². The van der Waals surface area contributed by atoms with E-state index in [1.54, 1.807) is 6.07 Å². The Morgan fingerprint density at radius 1 is 1.37 bits per heavy atom. The maximum Gasteiger partial charge on any atom is 0.416 e. The van der Waals surface area contributed by atoms with Crippen LogP contribution in [0.3, 0.4) is 0 Å². The number of halogens is 3. The minimum absolute atomic E-state index is 0.103. The molecule has 0 saturated heterocycles. The molecular weight excluding hydrogens is 277 g/mol. The zero-order valence-electron chi connectivity index (χ0n) is 10.2. The molecule has 0 unspecified atom stereocenters. The molecule has 0 bridgehead atoms. The zero-order valence-corrected chi connectivity index (χ0v) is 11.1. The van der Waals surface area contributed by atoms with E-state index in [-0.39, 0.29) is 17.1 Å². The van der Waals surface area contributed by atoms with E-state index in [4.69, 9.17) is 0 Å². The van der Waals surface area contributed by atoms with E-state index in [1.165, 1.54) is 24.9 Å². The summed E-state index contributed by atoms with van der Waals surface area (Å²) in [5.41, 5.74) is -0.638. The molecule has 2 nitrogen and oxygen atoms in total. The third kappa shape index (κ3) is 3.43. The van der Waals surface area contributed by atoms with Crippen LogP contribution in [0.1, 0.15) is 18.4 Å². The van der Waals surface area contributed by atoms with Crippen LogP contribution in [-0.2, 0) is 15.7 Å². The summed E-state index contributed by atoms with van der Waals surface area (Å²) in [6.07, 6.45) is -2.99. The van der Waals surface area contributed by atoms with E-state index >= 15 is 0 Å². The van der Waals surface area contributed by atoms with E-state index in [0.29, 0.717) is 17.7 Å². The van der Waals surface area contributed by atoms with Gasteiger partial charge in [0.25, 0.3) is 0 Å². The highest BCUT2D eigenvalue weighted by molar-refractivity contribution is 8.00. The number of rotatable bonds is 3. The van der Waals surface area contributed by atoms with Gasteiger partial charge >= 0.3 is 12.1 Å². The van der Waals surface area contributed by atoms with Crippen molar-refractivity contribution >= 4 is 17.7 Å². The maximum atomic E-state index is 12.5. The number of esters is 1. The van der Waals surface area contributed by atoms with Crippen LogP contribution in [0.5, 0.6) is 0 Å². The lowest BCUT2D eigenvalue weighted by molar-refractivity contribution is -0.148. The molecule has 1 aliphatic carbocycles. The number of methoxy groups -OCH3 is 1. The Morgan fingerprint density at radius 3 is 2.63 bits per heavy atom. The fourth-order valence-electron chi connectivity index (χ4n) is 1.96. The Bertz CT molecular complexity index is 467. The fourth-order valence-corrected chi connectivity index (χ4v) is 3.35. The average Bonchev–Trinajstić information content (AvgIpc) is 2.31. The lowest BCUT2D eigenvalue weighted by Crippen LogP contribution is -2.33. The molecule has 0 spiro atoms. The van der Waals surface area contributed by atoms with E-state index in [9.17, 15) is 18.0 Å². The molecule has 1 aliphatic rings. The molecule has 0 aromatic heterocycles. The molecule has 1 aromatic carbocycles. The number of ether oxygens (including phenoxy) is 1. The Morgan fingerprint density at radius 2 is 2.05 bits per heavy atom. The van der Waals surface area contributed by atoms with Crippen molar-refractivity contribution in [2.24, 2.45) is 5.92 Å². The van der Waals surface area contributed by atoms with E-state index in [1.807, 2.05) is 0 Å². The summed E-state index contributed by atoms with van der Waals surface area (Å²) in [5.74, 6) is -0.339. The molecule has 0 aliphatic heterocycles. The lowest BCUT2D eigenvalue weighted by Gasteiger charge is -2.32. The van der Waals surface area contributed by atoms with Gasteiger partial charge in [0.15, 0.2) is 0 Å². The molecule has 2 rings (SSSR count). The van der Waals surface area contributed by atoms with Gasteiger partial charge in [-0.2, -0.15) is 13.2 Å². The summed E-state index contributed by atoms with van der Waals surface area (Å²) in [5, 5.41) is 0.188. The third-order valence-electron chi connectivity index (χ3n) is 3.09. The van der Waals surface area contributed by atoms with Crippen molar-refractivity contribution in [3.8, 4) is 0 Å². The topological polar surface area (TPSA) is 26.3 Å². The molecular formula is C13H13F3O2S. The molecule has 0 radical (unpaired) electrons. The van der Waals surface area contributed by atoms with Gasteiger partial charge in [-0.15, -0.1) is 11.8 Å². The van der Waals surface area contributed by atoms with Crippen molar-refractivity contribution < 1.29 is 22.7 Å². The Balaban J connectivity index is 1.93. The molecule has 19 heavy (non-hydrogen) atoms. The largest absolute Gasteiger partial charge is 0.469 e. The molecule has 1 fully saturated rings. The first kappa shape index (κ1) is 14.2. The highest BCUT2D eigenvalue weighted by Crippen LogP contribution is 2.42. The summed E-state index contributed by atoms with van der Waals surface area (Å²) < 4.78 is 42.3. The van der Waals surface area contributed by atoms with Crippen molar-refractivity contribution in [2.75, 3.05) is 7.11 Å². The molecule has 104 valence electrons. The van der Waals surface area contributed by atoms with Crippen LogP contribution in [0.2, 0.25) is 0 Å². The van der Waals surface area contributed by atoms with Gasteiger partial charge in [-0.3, -0.25) is 4.79 Å². The van der Waals surface area contributed by atoms with Gasteiger partial charge in [-0.05, 0) is 31.0 Å². The number of hydrogen-bond acceptors (Lipinski definition) is 3. The third-order valence-corrected chi connectivity index (χ3v) is 4.34. The number of hydrogen-bond donors (Lipinski definition) is 0. The second kappa shape index (κ2) is 5.45. The number of alkyl halides is 3. The molecule has 0 amide bonds. The van der Waals surface area contributed by atoms with Crippen LogP contribution in [0.4, 0.5) is 13.2 Å². The standard InChI is InChI=1S/C13H13F3O2S/c1-18-12(17)8-5-11(6-8)19-10-4-2-3-9(7-10)13(14,15)16/h2-4,7-8,11H,5-6H2,1H3. The first-order chi connectivity index (χ1) is 8.90. The van der Waals surface area contributed by atoms with Gasteiger partial charge in [0.05, 0.1) is 18.6 Å². The van der Waals surface area contributed by atoms with Crippen molar-refractivity contribution in [1.29, 1.82) is 0 Å². The Hall–Kier alpha value is -1.17. The normalized spacial score (nSPS) is 22.7. The van der Waals surface area contributed by atoms with E-state index < -0.39 is 11.7 Å². The number of carbonyl (C=O) groups excluding carboxylic acids is 1. The second-order valence-corrected chi connectivity index (χ2v) is 5.83. The monoisotopic (exact) mass is 290 g/mol. The quantitative estimate of drug-likeness (QED) is 0.793. The minimum atomic E-state index is -4.31. The molecule has 0 atom stereocenters. The Kier molecular flexibility index (Phi) is 4.08. The predicted octanol–water partition coefficient (Wildman–Crippen LogP) is 3.75. The Labute approximate surface area is 113 Å². The van der Waals surface area contributed by atoms with E-state index in [2.05, 4.69) is 4.74 Å². The molecule has 0 N–H and O–H groups in total. The van der Waals surface area contributed by atoms with E-state index in [0.717, 1.165) is 12.1 Å². The van der Waals surface area contributed by atoms with Crippen LogP contribution in [0.15, 0.2) is 29.2 Å². The molecule has 0 heterocycles. The van der Waals surface area contributed by atoms with Crippen LogP contribution >= 0.6 is 11.8 Å². The predicted molar refractivity (Wildman–Crippen MR) is 65.8 cm³/mol. The average molecular weight is 290 g/mol. The van der Waals surface area contributed by atoms with Gasteiger partial charge < -0.3 is 4.74 Å². The van der Waals surface area contributed by atoms with Crippen molar-refractivity contribution in [3.05, 3.63) is 29.8 Å². The number of thioether (sulfide) groups is 1. The summed E-state index contributed by atoms with van der Waals surface area (Å²) in [4.78, 5) is 11.8. The van der Waals surface area contributed by atoms with Gasteiger partial charge in [0.2, 0.25) is 0 Å². The van der Waals surface area contributed by atoms with Gasteiger partial charge in [0.1, 0.15) is 0 Å². The van der Waals surface area contributed by atoms with Gasteiger partial charge in [0, 0.05) is 10.1 Å². The second-order valence-electron chi connectivity index (χ2n) is 4.46. The van der Waals surface area contributed by atoms with Crippen LogP contribution in [0, 0.1) is 5.92 Å². The number of carbonyl (C=O) groups is 1. The summed E-state index contributed by atoms with van der Waals surface area (Å²) in [6.45, 7) is 0. The smallest absolute Gasteiger partial charge is 0.416 e. The fraction of sp³-hybridized carbons (Fsp3) is 0.462. The maximum absolute atomic E-state index is 12.5. The SMILES string of the molecule is COC(=O)C1CC(Sc2cccc(C(F)(F)F)c2)C1.